The first kappa shape index (κ1) is 29.5. The van der Waals surface area contributed by atoms with E-state index in [1.165, 1.54) is 41.5 Å². The zero-order chi connectivity index (χ0) is 20.8. The molecular weight excluding hydrogens is 464 g/mol. The maximum atomic E-state index is 4.32. The third-order valence-corrected chi connectivity index (χ3v) is 4.70. The Morgan fingerprint density at radius 2 is 1.71 bits per heavy atom. The first-order valence-corrected chi connectivity index (χ1v) is 10.0. The minimum atomic E-state index is 0. The average Bonchev–Trinajstić information content (AvgIpc) is 2.64. The Hall–Kier alpha value is -0.703. The van der Waals surface area contributed by atoms with Crippen LogP contribution in [0.2, 0.25) is 0 Å². The first-order valence-electron chi connectivity index (χ1n) is 10.0. The summed E-state index contributed by atoms with van der Waals surface area (Å²) in [6, 6.07) is 2.21. The average molecular weight is 504 g/mol. The fourth-order valence-electron chi connectivity index (χ4n) is 3.10. The van der Waals surface area contributed by atoms with Crippen molar-refractivity contribution in [2.75, 3.05) is 0 Å². The molecule has 0 spiro atoms. The predicted octanol–water partition coefficient (Wildman–Crippen LogP) is 6.61. The third kappa shape index (κ3) is 10.7. The number of hydrogen-bond donors (Lipinski definition) is 0. The molecule has 0 aliphatic heterocycles. The van der Waals surface area contributed by atoms with E-state index in [2.05, 4.69) is 84.9 Å². The van der Waals surface area contributed by atoms with Crippen molar-refractivity contribution in [1.82, 2.24) is 0 Å². The fraction of sp³-hybridized carbons (Fsp3) is 0.407. The van der Waals surface area contributed by atoms with E-state index in [0.29, 0.717) is 0 Å². The van der Waals surface area contributed by atoms with Gasteiger partial charge in [0.1, 0.15) is 0 Å². The van der Waals surface area contributed by atoms with Crippen LogP contribution in [0.1, 0.15) is 76.5 Å². The van der Waals surface area contributed by atoms with Gasteiger partial charge < -0.3 is 0 Å². The van der Waals surface area contributed by atoms with Crippen LogP contribution in [-0.4, -0.2) is 0 Å². The van der Waals surface area contributed by atoms with Gasteiger partial charge in [0.15, 0.2) is 0 Å². The quantitative estimate of drug-likeness (QED) is 0.191. The molecule has 0 aliphatic carbocycles. The van der Waals surface area contributed by atoms with E-state index in [-0.39, 0.29) is 41.7 Å². The molecule has 152 valence electrons. The Morgan fingerprint density at radius 1 is 1.07 bits per heavy atom. The van der Waals surface area contributed by atoms with Crippen LogP contribution >= 0.6 is 0 Å². The minimum absolute atomic E-state index is 0. The normalized spacial score (nSPS) is 10.4. The van der Waals surface area contributed by atoms with Crippen molar-refractivity contribution >= 4 is 13.2 Å². The van der Waals surface area contributed by atoms with E-state index in [4.69, 9.17) is 0 Å². The molecule has 0 heterocycles. The van der Waals surface area contributed by atoms with E-state index < -0.39 is 0 Å². The molecule has 0 aromatic heterocycles. The van der Waals surface area contributed by atoms with Crippen LogP contribution in [0, 0.1) is 47.8 Å². The summed E-state index contributed by atoms with van der Waals surface area (Å²) in [5, 5.41) is 2.18. The van der Waals surface area contributed by atoms with E-state index in [0.717, 1.165) is 41.7 Å². The number of rotatable bonds is 10. The summed E-state index contributed by atoms with van der Waals surface area (Å²) in [5.41, 5.74) is 6.42. The van der Waals surface area contributed by atoms with Gasteiger partial charge in [-0.2, -0.15) is 18.2 Å². The Labute approximate surface area is 208 Å². The smallest absolute Gasteiger partial charge is 0 e. The summed E-state index contributed by atoms with van der Waals surface area (Å²) in [4.78, 5) is 0. The fourth-order valence-corrected chi connectivity index (χ4v) is 3.10. The maximum Gasteiger partial charge on any atom is 0 e. The molecule has 0 radical (unpaired) electrons. The van der Waals surface area contributed by atoms with Crippen LogP contribution in [0.15, 0.2) is 49.1 Å². The maximum absolute atomic E-state index is 4.32. The molecule has 0 fully saturated rings. The number of allylic oxidation sites excluding steroid dienone is 4. The van der Waals surface area contributed by atoms with Crippen molar-refractivity contribution in [3.63, 3.8) is 0 Å². The van der Waals surface area contributed by atoms with Gasteiger partial charge in [-0.15, -0.1) is 37.1 Å². The first-order chi connectivity index (χ1) is 12.9. The predicted molar refractivity (Wildman–Crippen MR) is 125 cm³/mol. The molecule has 1 aromatic carbocycles. The van der Waals surface area contributed by atoms with Gasteiger partial charge in [-0.25, -0.2) is 0 Å². The summed E-state index contributed by atoms with van der Waals surface area (Å²) in [7, 11) is 0. The summed E-state index contributed by atoms with van der Waals surface area (Å²) >= 11 is 0. The summed E-state index contributed by atoms with van der Waals surface area (Å²) in [6.45, 7) is 27.2. The summed E-state index contributed by atoms with van der Waals surface area (Å²) in [5.74, 6) is 0. The number of unbranched alkanes of at least 4 members (excludes halogenated alkanes) is 2. The summed E-state index contributed by atoms with van der Waals surface area (Å²) in [6.07, 6.45) is 15.6. The van der Waals surface area contributed by atoms with Crippen molar-refractivity contribution < 1.29 is 41.7 Å². The van der Waals surface area contributed by atoms with E-state index in [1.807, 2.05) is 0 Å². The van der Waals surface area contributed by atoms with Gasteiger partial charge in [-0.05, 0) is 40.0 Å². The van der Waals surface area contributed by atoms with Gasteiger partial charge in [-0.3, -0.25) is 0 Å². The van der Waals surface area contributed by atoms with Gasteiger partial charge in [-0.1, -0.05) is 72.8 Å². The topological polar surface area (TPSA) is 0 Å². The minimum Gasteiger partial charge on any atom is -0.183 e. The van der Waals surface area contributed by atoms with E-state index in [1.54, 1.807) is 0 Å². The molecule has 0 N–H and O–H groups in total. The molecule has 28 heavy (non-hydrogen) atoms. The standard InChI is InChI=1S/C25H35.C2H4.Ce/c1-8-10-11-15-25-21(6)18-23(22(7)24(25)9-2)17-16-20(5)14-12-13-19(3)4;1-2;/h13,16,18H,2,6-8,10-12,14-15,17H2,1,3-5H3;1-2H2;/q-1;;/b20-16+;;. The molecular formula is C27H39Ce-. The molecule has 0 saturated carbocycles. The van der Waals surface area contributed by atoms with Crippen molar-refractivity contribution in [2.24, 2.45) is 0 Å². The largest absolute Gasteiger partial charge is 0.183 e. The molecule has 0 aliphatic rings. The number of hydrogen-bond acceptors (Lipinski definition) is 0. The number of benzene rings is 1. The van der Waals surface area contributed by atoms with Gasteiger partial charge in [0, 0.05) is 41.7 Å². The Morgan fingerprint density at radius 3 is 2.25 bits per heavy atom. The Kier molecular flexibility index (Phi) is 18.1. The van der Waals surface area contributed by atoms with Crippen molar-refractivity contribution in [2.45, 2.75) is 72.6 Å². The molecule has 0 unspecified atom stereocenters. The van der Waals surface area contributed by atoms with E-state index in [9.17, 15) is 0 Å². The van der Waals surface area contributed by atoms with Crippen molar-refractivity contribution in [3.05, 3.63) is 82.3 Å². The van der Waals surface area contributed by atoms with Crippen LogP contribution < -0.4 is 10.4 Å². The van der Waals surface area contributed by atoms with Crippen LogP contribution in [0.4, 0.5) is 0 Å². The summed E-state index contributed by atoms with van der Waals surface area (Å²) < 4.78 is 0. The Bertz CT molecular complexity index is 745. The van der Waals surface area contributed by atoms with E-state index >= 15 is 0 Å². The molecule has 0 atom stereocenters. The molecule has 1 rings (SSSR count). The van der Waals surface area contributed by atoms with Crippen LogP contribution in [0.3, 0.4) is 0 Å². The molecule has 1 aromatic rings. The Balaban J connectivity index is 0. The monoisotopic (exact) mass is 503 g/mol. The molecule has 0 nitrogen and oxygen atoms in total. The van der Waals surface area contributed by atoms with Gasteiger partial charge >= 0.3 is 0 Å². The van der Waals surface area contributed by atoms with Gasteiger partial charge in [0.25, 0.3) is 0 Å². The molecule has 0 bridgehead atoms. The SMILES string of the molecule is C=C.C=[C-]c1c(CCCCC)c(=C)cc(C/C=C(\C)CCC=C(C)C)c1=C.[Ce]. The molecule has 0 saturated heterocycles. The zero-order valence-electron chi connectivity index (χ0n) is 18.7. The third-order valence-electron chi connectivity index (χ3n) is 4.70. The van der Waals surface area contributed by atoms with Crippen molar-refractivity contribution in [3.8, 4) is 0 Å². The van der Waals surface area contributed by atoms with Gasteiger partial charge in [0.2, 0.25) is 0 Å². The van der Waals surface area contributed by atoms with Crippen LogP contribution in [-0.2, 0) is 12.8 Å². The van der Waals surface area contributed by atoms with Crippen LogP contribution in [0.25, 0.3) is 13.2 Å². The molecule has 1 heteroatoms. The van der Waals surface area contributed by atoms with Crippen molar-refractivity contribution in [1.29, 1.82) is 0 Å². The second-order valence-corrected chi connectivity index (χ2v) is 7.24. The second-order valence-electron chi connectivity index (χ2n) is 7.24. The second kappa shape index (κ2) is 17.2. The van der Waals surface area contributed by atoms with Gasteiger partial charge in [0.05, 0.1) is 0 Å². The van der Waals surface area contributed by atoms with Crippen LogP contribution in [0.5, 0.6) is 0 Å². The molecule has 0 amide bonds. The zero-order valence-corrected chi connectivity index (χ0v) is 21.9.